The fourth-order valence-electron chi connectivity index (χ4n) is 1.47. The Morgan fingerprint density at radius 2 is 2.15 bits per heavy atom. The Bertz CT molecular complexity index is 334. The fraction of sp³-hybridized carbons (Fsp3) is 0.400. The van der Waals surface area contributed by atoms with Crippen LogP contribution in [0.4, 0.5) is 10.1 Å². The van der Waals surface area contributed by atoms with E-state index in [1.54, 1.807) is 13.2 Å². The summed E-state index contributed by atoms with van der Waals surface area (Å²) in [4.78, 5) is 0. The van der Waals surface area contributed by atoms with Gasteiger partial charge in [0, 0.05) is 6.07 Å². The number of hydrogen-bond donors (Lipinski definition) is 1. The van der Waals surface area contributed by atoms with Gasteiger partial charge in [-0.15, -0.1) is 0 Å². The number of methoxy groups -OCH3 is 1. The summed E-state index contributed by atoms with van der Waals surface area (Å²) in [6.07, 6.45) is 2.15. The van der Waals surface area contributed by atoms with Crippen LogP contribution in [0.2, 0.25) is 0 Å². The highest BCUT2D eigenvalue weighted by Crippen LogP contribution is 2.43. The highest BCUT2D eigenvalue weighted by atomic mass is 19.1. The van der Waals surface area contributed by atoms with E-state index in [1.807, 2.05) is 0 Å². The molecule has 0 bridgehead atoms. The Morgan fingerprint density at radius 3 is 2.69 bits per heavy atom. The molecular weight excluding hydrogens is 169 g/mol. The van der Waals surface area contributed by atoms with Crippen molar-refractivity contribution < 1.29 is 9.13 Å². The van der Waals surface area contributed by atoms with Crippen LogP contribution in [0, 0.1) is 5.82 Å². The summed E-state index contributed by atoms with van der Waals surface area (Å²) in [7, 11) is 1.54. The normalized spacial score (nSPS) is 15.8. The van der Waals surface area contributed by atoms with Crippen LogP contribution < -0.4 is 10.5 Å². The maximum Gasteiger partial charge on any atom is 0.142 e. The first-order valence-electron chi connectivity index (χ1n) is 4.35. The zero-order valence-corrected chi connectivity index (χ0v) is 7.51. The minimum Gasteiger partial charge on any atom is -0.495 e. The van der Waals surface area contributed by atoms with Crippen molar-refractivity contribution in [2.75, 3.05) is 12.8 Å². The molecule has 0 saturated heterocycles. The molecule has 1 fully saturated rings. The molecule has 1 aliphatic rings. The molecule has 0 amide bonds. The van der Waals surface area contributed by atoms with Gasteiger partial charge < -0.3 is 10.5 Å². The SMILES string of the molecule is COc1cc(C2CC2)c(F)cc1N. The molecule has 13 heavy (non-hydrogen) atoms. The lowest BCUT2D eigenvalue weighted by atomic mass is 10.1. The van der Waals surface area contributed by atoms with Crippen LogP contribution in [0.1, 0.15) is 24.3 Å². The Balaban J connectivity index is 2.44. The molecule has 1 aromatic carbocycles. The van der Waals surface area contributed by atoms with E-state index in [0.717, 1.165) is 18.4 Å². The van der Waals surface area contributed by atoms with Crippen LogP contribution >= 0.6 is 0 Å². The molecule has 1 aromatic rings. The molecule has 0 spiro atoms. The van der Waals surface area contributed by atoms with Gasteiger partial charge >= 0.3 is 0 Å². The summed E-state index contributed by atoms with van der Waals surface area (Å²) in [6, 6.07) is 3.05. The predicted octanol–water partition coefficient (Wildman–Crippen LogP) is 2.29. The molecule has 2 nitrogen and oxygen atoms in total. The second kappa shape index (κ2) is 2.91. The van der Waals surface area contributed by atoms with Gasteiger partial charge in [0.15, 0.2) is 0 Å². The highest BCUT2D eigenvalue weighted by Gasteiger charge is 2.27. The van der Waals surface area contributed by atoms with Crippen molar-refractivity contribution in [3.05, 3.63) is 23.5 Å². The predicted molar refractivity (Wildman–Crippen MR) is 49.3 cm³/mol. The number of nitrogens with two attached hydrogens (primary N) is 1. The number of nitrogen functional groups attached to an aromatic ring is 1. The molecule has 3 heteroatoms. The fourth-order valence-corrected chi connectivity index (χ4v) is 1.47. The molecule has 0 heterocycles. The van der Waals surface area contributed by atoms with Crippen LogP contribution in [0.5, 0.6) is 5.75 Å². The van der Waals surface area contributed by atoms with Crippen LogP contribution in [0.3, 0.4) is 0 Å². The number of anilines is 1. The molecule has 2 rings (SSSR count). The zero-order valence-electron chi connectivity index (χ0n) is 7.51. The van der Waals surface area contributed by atoms with Crippen LogP contribution in [0.15, 0.2) is 12.1 Å². The lowest BCUT2D eigenvalue weighted by molar-refractivity contribution is 0.415. The van der Waals surface area contributed by atoms with Gasteiger partial charge in [-0.2, -0.15) is 0 Å². The van der Waals surface area contributed by atoms with E-state index < -0.39 is 0 Å². The Labute approximate surface area is 76.5 Å². The van der Waals surface area contributed by atoms with Gasteiger partial charge in [0.2, 0.25) is 0 Å². The number of halogens is 1. The molecule has 0 radical (unpaired) electrons. The minimum absolute atomic E-state index is 0.208. The van der Waals surface area contributed by atoms with E-state index in [0.29, 0.717) is 17.4 Å². The van der Waals surface area contributed by atoms with E-state index in [-0.39, 0.29) is 5.82 Å². The second-order valence-corrected chi connectivity index (χ2v) is 3.39. The summed E-state index contributed by atoms with van der Waals surface area (Å²) >= 11 is 0. The summed E-state index contributed by atoms with van der Waals surface area (Å²) in [5.41, 5.74) is 6.66. The van der Waals surface area contributed by atoms with Gasteiger partial charge in [-0.25, -0.2) is 4.39 Å². The van der Waals surface area contributed by atoms with Crippen LogP contribution in [-0.4, -0.2) is 7.11 Å². The van der Waals surface area contributed by atoms with E-state index in [4.69, 9.17) is 10.5 Å². The number of rotatable bonds is 2. The number of hydrogen-bond acceptors (Lipinski definition) is 2. The van der Waals surface area contributed by atoms with Crippen LogP contribution in [0.25, 0.3) is 0 Å². The standard InChI is InChI=1S/C10H12FNO/c1-13-10-4-7(6-2-3-6)8(11)5-9(10)12/h4-6H,2-3,12H2,1H3. The van der Waals surface area contributed by atoms with E-state index in [2.05, 4.69) is 0 Å². The molecule has 1 aliphatic carbocycles. The third kappa shape index (κ3) is 1.46. The molecule has 0 atom stereocenters. The average Bonchev–Trinajstić information content (AvgIpc) is 2.88. The van der Waals surface area contributed by atoms with Gasteiger partial charge in [-0.3, -0.25) is 0 Å². The smallest absolute Gasteiger partial charge is 0.142 e. The van der Waals surface area contributed by atoms with Crippen molar-refractivity contribution in [3.63, 3.8) is 0 Å². The van der Waals surface area contributed by atoms with Crippen LogP contribution in [-0.2, 0) is 0 Å². The Kier molecular flexibility index (Phi) is 1.87. The molecule has 0 aliphatic heterocycles. The average molecular weight is 181 g/mol. The first-order chi connectivity index (χ1) is 6.22. The van der Waals surface area contributed by atoms with Crippen molar-refractivity contribution >= 4 is 5.69 Å². The first kappa shape index (κ1) is 8.35. The minimum atomic E-state index is -0.208. The number of benzene rings is 1. The summed E-state index contributed by atoms with van der Waals surface area (Å²) in [6.45, 7) is 0. The molecule has 1 saturated carbocycles. The molecule has 0 unspecified atom stereocenters. The van der Waals surface area contributed by atoms with E-state index in [9.17, 15) is 4.39 Å². The van der Waals surface area contributed by atoms with Crippen molar-refractivity contribution in [2.45, 2.75) is 18.8 Å². The molecular formula is C10H12FNO. The maximum atomic E-state index is 13.3. The molecule has 2 N–H and O–H groups in total. The maximum absolute atomic E-state index is 13.3. The van der Waals surface area contributed by atoms with Gasteiger partial charge in [0.05, 0.1) is 12.8 Å². The second-order valence-electron chi connectivity index (χ2n) is 3.39. The third-order valence-electron chi connectivity index (χ3n) is 2.37. The quantitative estimate of drug-likeness (QED) is 0.710. The lowest BCUT2D eigenvalue weighted by Crippen LogP contribution is -1.96. The van der Waals surface area contributed by atoms with Crippen molar-refractivity contribution in [2.24, 2.45) is 0 Å². The van der Waals surface area contributed by atoms with Crippen molar-refractivity contribution in [1.29, 1.82) is 0 Å². The van der Waals surface area contributed by atoms with Gasteiger partial charge in [0.25, 0.3) is 0 Å². The van der Waals surface area contributed by atoms with E-state index >= 15 is 0 Å². The van der Waals surface area contributed by atoms with Crippen molar-refractivity contribution in [3.8, 4) is 5.75 Å². The summed E-state index contributed by atoms with van der Waals surface area (Å²) < 4.78 is 18.3. The third-order valence-corrected chi connectivity index (χ3v) is 2.37. The summed E-state index contributed by atoms with van der Waals surface area (Å²) in [5.74, 6) is 0.749. The monoisotopic (exact) mass is 181 g/mol. The Morgan fingerprint density at radius 1 is 1.46 bits per heavy atom. The topological polar surface area (TPSA) is 35.2 Å². The number of ether oxygens (including phenoxy) is 1. The summed E-state index contributed by atoms with van der Waals surface area (Å²) in [5, 5.41) is 0. The first-order valence-corrected chi connectivity index (χ1v) is 4.35. The van der Waals surface area contributed by atoms with Crippen molar-refractivity contribution in [1.82, 2.24) is 0 Å². The molecule has 70 valence electrons. The van der Waals surface area contributed by atoms with Gasteiger partial charge in [0.1, 0.15) is 11.6 Å². The lowest BCUT2D eigenvalue weighted by Gasteiger charge is -2.07. The van der Waals surface area contributed by atoms with Gasteiger partial charge in [-0.1, -0.05) is 0 Å². The molecule has 0 aromatic heterocycles. The van der Waals surface area contributed by atoms with Gasteiger partial charge in [-0.05, 0) is 30.4 Å². The van der Waals surface area contributed by atoms with E-state index in [1.165, 1.54) is 6.07 Å². The zero-order chi connectivity index (χ0) is 9.42. The highest BCUT2D eigenvalue weighted by molar-refractivity contribution is 5.55. The largest absolute Gasteiger partial charge is 0.495 e. The Hall–Kier alpha value is -1.25.